The van der Waals surface area contributed by atoms with Gasteiger partial charge < -0.3 is 19.5 Å². The molecule has 23 heavy (non-hydrogen) atoms. The fraction of sp³-hybridized carbons (Fsp3) is 0.706. The van der Waals surface area contributed by atoms with Gasteiger partial charge in [-0.05, 0) is 32.2 Å². The van der Waals surface area contributed by atoms with E-state index in [0.29, 0.717) is 25.7 Å². The van der Waals surface area contributed by atoms with Crippen molar-refractivity contribution < 1.29 is 14.9 Å². The van der Waals surface area contributed by atoms with Crippen LogP contribution in [-0.2, 0) is 17.8 Å². The van der Waals surface area contributed by atoms with Gasteiger partial charge in [-0.2, -0.15) is 0 Å². The molecule has 0 bridgehead atoms. The highest BCUT2D eigenvalue weighted by Crippen LogP contribution is 2.22. The summed E-state index contributed by atoms with van der Waals surface area (Å²) in [4.78, 5) is 14.2. The number of methoxy groups -OCH3 is 1. The molecule has 0 aromatic carbocycles. The third-order valence-corrected chi connectivity index (χ3v) is 4.52. The zero-order chi connectivity index (χ0) is 16.7. The summed E-state index contributed by atoms with van der Waals surface area (Å²) in [5.41, 5.74) is 0.576. The molecule has 1 aliphatic rings. The van der Waals surface area contributed by atoms with Gasteiger partial charge in [0.15, 0.2) is 5.75 Å². The van der Waals surface area contributed by atoms with Gasteiger partial charge in [0.25, 0.3) is 0 Å². The first-order chi connectivity index (χ1) is 11.2. The van der Waals surface area contributed by atoms with Crippen LogP contribution in [-0.4, -0.2) is 52.6 Å². The van der Waals surface area contributed by atoms with E-state index in [1.807, 2.05) is 4.57 Å². The van der Waals surface area contributed by atoms with Crippen LogP contribution in [0.3, 0.4) is 0 Å². The molecule has 2 N–H and O–H groups in total. The minimum absolute atomic E-state index is 0.192. The molecular weight excluding hydrogens is 296 g/mol. The number of aromatic hydroxyl groups is 1. The number of rotatable bonds is 8. The van der Waals surface area contributed by atoms with Crippen molar-refractivity contribution in [1.29, 1.82) is 0 Å². The van der Waals surface area contributed by atoms with Gasteiger partial charge >= 0.3 is 0 Å². The largest absolute Gasteiger partial charge is 0.503 e. The van der Waals surface area contributed by atoms with Crippen molar-refractivity contribution in [3.63, 3.8) is 0 Å². The van der Waals surface area contributed by atoms with Crippen molar-refractivity contribution in [3.8, 4) is 5.75 Å². The Hall–Kier alpha value is -1.37. The highest BCUT2D eigenvalue weighted by atomic mass is 16.5. The highest BCUT2D eigenvalue weighted by Gasteiger charge is 2.23. The summed E-state index contributed by atoms with van der Waals surface area (Å²) in [7, 11) is 1.66. The molecule has 1 saturated heterocycles. The normalized spacial score (nSPS) is 19.1. The fourth-order valence-corrected chi connectivity index (χ4v) is 3.28. The van der Waals surface area contributed by atoms with E-state index >= 15 is 0 Å². The van der Waals surface area contributed by atoms with Gasteiger partial charge in [-0.3, -0.25) is 9.69 Å². The molecule has 1 aromatic heterocycles. The maximum atomic E-state index is 11.8. The molecule has 1 atom stereocenters. The molecule has 130 valence electrons. The first-order valence-corrected chi connectivity index (χ1v) is 8.42. The zero-order valence-corrected chi connectivity index (χ0v) is 13.9. The molecule has 2 heterocycles. The number of ether oxygens (including phenoxy) is 1. The van der Waals surface area contributed by atoms with Gasteiger partial charge in [-0.15, -0.1) is 0 Å². The molecule has 1 aliphatic heterocycles. The maximum Gasteiger partial charge on any atom is 0.223 e. The Bertz CT molecular complexity index is 542. The SMILES string of the molecule is COCCCn1cc(O)c(=O)cc1CN1CCCCC1CCO. The predicted octanol–water partition coefficient (Wildman–Crippen LogP) is 1.33. The quantitative estimate of drug-likeness (QED) is 0.706. The lowest BCUT2D eigenvalue weighted by Gasteiger charge is -2.36. The van der Waals surface area contributed by atoms with Crippen molar-refractivity contribution in [2.45, 2.75) is 51.2 Å². The van der Waals surface area contributed by atoms with Crippen molar-refractivity contribution in [3.05, 3.63) is 28.2 Å². The smallest absolute Gasteiger partial charge is 0.223 e. The summed E-state index contributed by atoms with van der Waals surface area (Å²) in [6.45, 7) is 3.20. The summed E-state index contributed by atoms with van der Waals surface area (Å²) in [6.07, 6.45) is 6.55. The number of aromatic nitrogens is 1. The highest BCUT2D eigenvalue weighted by molar-refractivity contribution is 5.20. The summed E-state index contributed by atoms with van der Waals surface area (Å²) in [5.74, 6) is -0.211. The van der Waals surface area contributed by atoms with Crippen molar-refractivity contribution in [2.24, 2.45) is 0 Å². The summed E-state index contributed by atoms with van der Waals surface area (Å²) >= 11 is 0. The Morgan fingerprint density at radius 3 is 2.96 bits per heavy atom. The Morgan fingerprint density at radius 1 is 1.39 bits per heavy atom. The molecule has 1 aromatic rings. The van der Waals surface area contributed by atoms with Gasteiger partial charge in [0.05, 0.1) is 6.20 Å². The second-order valence-electron chi connectivity index (χ2n) is 6.19. The maximum absolute atomic E-state index is 11.8. The molecule has 2 rings (SSSR count). The fourth-order valence-electron chi connectivity index (χ4n) is 3.28. The minimum Gasteiger partial charge on any atom is -0.503 e. The molecule has 1 fully saturated rings. The molecule has 0 spiro atoms. The van der Waals surface area contributed by atoms with Crippen LogP contribution in [0.25, 0.3) is 0 Å². The van der Waals surface area contributed by atoms with E-state index in [-0.39, 0.29) is 17.8 Å². The van der Waals surface area contributed by atoms with Crippen molar-refractivity contribution >= 4 is 0 Å². The summed E-state index contributed by atoms with van der Waals surface area (Å²) in [6, 6.07) is 1.90. The van der Waals surface area contributed by atoms with E-state index in [4.69, 9.17) is 4.74 Å². The lowest BCUT2D eigenvalue weighted by molar-refractivity contribution is 0.109. The van der Waals surface area contributed by atoms with Crippen molar-refractivity contribution in [2.75, 3.05) is 26.9 Å². The number of likely N-dealkylation sites (tertiary alicyclic amines) is 1. The lowest BCUT2D eigenvalue weighted by Crippen LogP contribution is -2.40. The van der Waals surface area contributed by atoms with Crippen LogP contribution >= 0.6 is 0 Å². The topological polar surface area (TPSA) is 74.9 Å². The van der Waals surface area contributed by atoms with Gasteiger partial charge in [0.2, 0.25) is 5.43 Å². The van der Waals surface area contributed by atoms with Gasteiger partial charge in [0, 0.05) is 51.2 Å². The number of aliphatic hydroxyl groups excluding tert-OH is 1. The molecular formula is C17H28N2O4. The van der Waals surface area contributed by atoms with E-state index in [1.54, 1.807) is 7.11 Å². The second-order valence-corrected chi connectivity index (χ2v) is 6.19. The third kappa shape index (κ3) is 5.06. The summed E-state index contributed by atoms with van der Waals surface area (Å²) < 4.78 is 7.03. The van der Waals surface area contributed by atoms with Gasteiger partial charge in [0.1, 0.15) is 0 Å². The van der Waals surface area contributed by atoms with E-state index in [1.165, 1.54) is 18.7 Å². The Balaban J connectivity index is 2.15. The molecule has 1 unspecified atom stereocenters. The van der Waals surface area contributed by atoms with Gasteiger partial charge in [-0.1, -0.05) is 6.42 Å². The number of aliphatic hydroxyl groups is 1. The van der Waals surface area contributed by atoms with Crippen LogP contribution < -0.4 is 5.43 Å². The molecule has 0 aliphatic carbocycles. The van der Waals surface area contributed by atoms with Crippen LogP contribution in [0.5, 0.6) is 5.75 Å². The first-order valence-electron chi connectivity index (χ1n) is 8.42. The number of hydrogen-bond acceptors (Lipinski definition) is 5. The summed E-state index contributed by atoms with van der Waals surface area (Å²) in [5, 5.41) is 19.0. The predicted molar refractivity (Wildman–Crippen MR) is 88.6 cm³/mol. The van der Waals surface area contributed by atoms with Gasteiger partial charge in [-0.25, -0.2) is 0 Å². The molecule has 0 amide bonds. The average Bonchev–Trinajstić information content (AvgIpc) is 2.54. The Morgan fingerprint density at radius 2 is 2.22 bits per heavy atom. The number of aryl methyl sites for hydroxylation is 1. The number of nitrogens with zero attached hydrogens (tertiary/aromatic N) is 2. The first kappa shape index (κ1) is 18.0. The van der Waals surface area contributed by atoms with Crippen LogP contribution in [0.1, 0.15) is 37.8 Å². The van der Waals surface area contributed by atoms with Crippen LogP contribution in [0.4, 0.5) is 0 Å². The van der Waals surface area contributed by atoms with E-state index in [2.05, 4.69) is 4.90 Å². The van der Waals surface area contributed by atoms with E-state index in [0.717, 1.165) is 37.9 Å². The zero-order valence-electron chi connectivity index (χ0n) is 13.9. The minimum atomic E-state index is -0.335. The number of hydrogen-bond donors (Lipinski definition) is 2. The Labute approximate surface area is 137 Å². The average molecular weight is 324 g/mol. The number of piperidine rings is 1. The molecule has 0 radical (unpaired) electrons. The molecule has 0 saturated carbocycles. The van der Waals surface area contributed by atoms with Crippen molar-refractivity contribution in [1.82, 2.24) is 9.47 Å². The van der Waals surface area contributed by atoms with Crippen LogP contribution in [0, 0.1) is 0 Å². The molecule has 6 nitrogen and oxygen atoms in total. The molecule has 6 heteroatoms. The Kier molecular flexibility index (Phi) is 7.08. The van der Waals surface area contributed by atoms with Crippen LogP contribution in [0.15, 0.2) is 17.1 Å². The third-order valence-electron chi connectivity index (χ3n) is 4.52. The second kappa shape index (κ2) is 9.05. The van der Waals surface area contributed by atoms with E-state index in [9.17, 15) is 15.0 Å². The standard InChI is InChI=1S/C17H28N2O4/c1-23-10-4-8-19-13-17(22)16(21)11-15(19)12-18-7-3-2-5-14(18)6-9-20/h11,13-14,20,22H,2-10,12H2,1H3. The lowest BCUT2D eigenvalue weighted by atomic mass is 9.99. The van der Waals surface area contributed by atoms with Crippen LogP contribution in [0.2, 0.25) is 0 Å². The van der Waals surface area contributed by atoms with E-state index < -0.39 is 0 Å². The number of pyridine rings is 1. The monoisotopic (exact) mass is 324 g/mol.